The monoisotopic (exact) mass is 166 g/mol. The van der Waals surface area contributed by atoms with Crippen molar-refractivity contribution in [3.8, 4) is 0 Å². The van der Waals surface area contributed by atoms with Gasteiger partial charge in [0.25, 0.3) is 0 Å². The first-order valence-electron chi connectivity index (χ1n) is 3.44. The molecule has 58 valence electrons. The van der Waals surface area contributed by atoms with Gasteiger partial charge >= 0.3 is 0 Å². The van der Waals surface area contributed by atoms with Crippen molar-refractivity contribution >= 4 is 12.4 Å². The van der Waals surface area contributed by atoms with Crippen LogP contribution in [0, 0.1) is 0 Å². The molecule has 0 fully saturated rings. The Bertz CT molecular complexity index is 230. The van der Waals surface area contributed by atoms with Crippen LogP contribution in [0.5, 0.6) is 0 Å². The molecule has 0 saturated heterocycles. The molecule has 0 spiro atoms. The third-order valence-corrected chi connectivity index (χ3v) is 1.63. The fourth-order valence-corrected chi connectivity index (χ4v) is 1.00. The molecule has 1 aromatic rings. The highest BCUT2D eigenvalue weighted by Gasteiger charge is 1.90. The molecule has 1 rings (SSSR count). The van der Waals surface area contributed by atoms with E-state index in [0.29, 0.717) is 13.1 Å². The quantitative estimate of drug-likeness (QED) is 0.736. The van der Waals surface area contributed by atoms with Gasteiger partial charge in [-0.3, -0.25) is 0 Å². The first-order valence-corrected chi connectivity index (χ1v) is 3.80. The van der Waals surface area contributed by atoms with Gasteiger partial charge in [0, 0.05) is 19.0 Å². The number of rotatable bonds is 3. The number of nitrogens with two attached hydrogens (primary N) is 1. The molecule has 0 aliphatic heterocycles. The number of hydrogen-bond acceptors (Lipinski definition) is 3. The molecule has 1 aromatic carbocycles. The third kappa shape index (κ3) is 2.37. The van der Waals surface area contributed by atoms with Gasteiger partial charge in [0.05, 0.1) is 6.54 Å². The molecule has 0 aliphatic carbocycles. The van der Waals surface area contributed by atoms with Gasteiger partial charge < -0.3 is 5.73 Å². The van der Waals surface area contributed by atoms with Crippen LogP contribution in [-0.4, -0.2) is 0 Å². The summed E-state index contributed by atoms with van der Waals surface area (Å²) >= 11 is 4.50. The van der Waals surface area contributed by atoms with Gasteiger partial charge in [-0.1, -0.05) is 24.3 Å². The lowest BCUT2D eigenvalue weighted by molar-refractivity contribution is 1.05. The Hall–Kier alpha value is -0.800. The maximum atomic E-state index is 5.43. The second-order valence-corrected chi connectivity index (χ2v) is 2.57. The number of hydrogen-bond donors (Lipinski definition) is 1. The first kappa shape index (κ1) is 8.30. The zero-order chi connectivity index (χ0) is 8.10. The van der Waals surface area contributed by atoms with Crippen molar-refractivity contribution in [3.05, 3.63) is 35.4 Å². The summed E-state index contributed by atoms with van der Waals surface area (Å²) in [5.74, 6) is 0. The SMILES string of the molecule is NCc1ccc(CN=S)cc1. The smallest absolute Gasteiger partial charge is 0.0771 e. The average Bonchev–Trinajstić information content (AvgIpc) is 2.07. The van der Waals surface area contributed by atoms with E-state index in [1.807, 2.05) is 24.3 Å². The molecule has 0 aromatic heterocycles. The van der Waals surface area contributed by atoms with Crippen LogP contribution in [-0.2, 0) is 25.5 Å². The van der Waals surface area contributed by atoms with E-state index in [-0.39, 0.29) is 0 Å². The predicted octanol–water partition coefficient (Wildman–Crippen LogP) is 1.38. The van der Waals surface area contributed by atoms with Crippen LogP contribution in [0.4, 0.5) is 0 Å². The van der Waals surface area contributed by atoms with Crippen LogP contribution < -0.4 is 5.73 Å². The minimum Gasteiger partial charge on any atom is -0.326 e. The molecule has 0 aliphatic rings. The van der Waals surface area contributed by atoms with Crippen molar-refractivity contribution in [2.45, 2.75) is 13.1 Å². The molecular formula is C8H10N2S. The molecule has 0 radical (unpaired) electrons. The standard InChI is InChI=1S/C8H10N2S/c9-5-7-1-3-8(4-2-7)6-10-11/h1-4H,5-6,9H2. The van der Waals surface area contributed by atoms with E-state index in [0.717, 1.165) is 11.1 Å². The molecule has 3 heteroatoms. The minimum absolute atomic E-state index is 0.589. The van der Waals surface area contributed by atoms with E-state index in [4.69, 9.17) is 5.73 Å². The first-order chi connectivity index (χ1) is 5.36. The van der Waals surface area contributed by atoms with Gasteiger partial charge in [0.15, 0.2) is 0 Å². The van der Waals surface area contributed by atoms with Crippen molar-refractivity contribution in [3.63, 3.8) is 0 Å². The summed E-state index contributed by atoms with van der Waals surface area (Å²) in [6, 6.07) is 7.99. The molecule has 2 N–H and O–H groups in total. The summed E-state index contributed by atoms with van der Waals surface area (Å²) in [5, 5.41) is 0. The Balaban J connectivity index is 2.74. The van der Waals surface area contributed by atoms with Crippen LogP contribution in [0.15, 0.2) is 28.6 Å². The molecule has 0 amide bonds. The highest BCUT2D eigenvalue weighted by molar-refractivity contribution is 7.47. The molecule has 0 saturated carbocycles. The van der Waals surface area contributed by atoms with E-state index in [1.54, 1.807) is 0 Å². The van der Waals surface area contributed by atoms with Crippen LogP contribution in [0.1, 0.15) is 11.1 Å². The molecule has 11 heavy (non-hydrogen) atoms. The highest BCUT2D eigenvalue weighted by Crippen LogP contribution is 2.04. The molecule has 2 nitrogen and oxygen atoms in total. The Kier molecular flexibility index (Phi) is 3.14. The summed E-state index contributed by atoms with van der Waals surface area (Å²) in [6.45, 7) is 1.20. The van der Waals surface area contributed by atoms with Crippen LogP contribution in [0.2, 0.25) is 0 Å². The van der Waals surface area contributed by atoms with E-state index in [9.17, 15) is 0 Å². The summed E-state index contributed by atoms with van der Waals surface area (Å²) in [4.78, 5) is 0. The maximum Gasteiger partial charge on any atom is 0.0771 e. The highest BCUT2D eigenvalue weighted by atomic mass is 32.1. The van der Waals surface area contributed by atoms with Crippen molar-refractivity contribution in [1.82, 2.24) is 0 Å². The second kappa shape index (κ2) is 4.16. The Morgan fingerprint density at radius 1 is 1.18 bits per heavy atom. The van der Waals surface area contributed by atoms with E-state index < -0.39 is 0 Å². The van der Waals surface area contributed by atoms with Gasteiger partial charge in [-0.2, -0.15) is 0 Å². The van der Waals surface area contributed by atoms with Crippen LogP contribution in [0.3, 0.4) is 0 Å². The number of benzene rings is 1. The lowest BCUT2D eigenvalue weighted by Gasteiger charge is -1.97. The van der Waals surface area contributed by atoms with Gasteiger partial charge in [0.2, 0.25) is 0 Å². The van der Waals surface area contributed by atoms with E-state index in [2.05, 4.69) is 16.8 Å². The van der Waals surface area contributed by atoms with Gasteiger partial charge in [-0.25, -0.2) is 4.36 Å². The lowest BCUT2D eigenvalue weighted by atomic mass is 10.1. The lowest BCUT2D eigenvalue weighted by Crippen LogP contribution is -1.95. The largest absolute Gasteiger partial charge is 0.326 e. The van der Waals surface area contributed by atoms with Gasteiger partial charge in [0.1, 0.15) is 0 Å². The molecule has 0 atom stereocenters. The Morgan fingerprint density at radius 2 is 1.73 bits per heavy atom. The molecule has 0 heterocycles. The predicted molar refractivity (Wildman–Crippen MR) is 47.8 cm³/mol. The zero-order valence-electron chi connectivity index (χ0n) is 6.16. The van der Waals surface area contributed by atoms with Crippen molar-refractivity contribution in [2.24, 2.45) is 10.1 Å². The maximum absolute atomic E-state index is 5.43. The van der Waals surface area contributed by atoms with Crippen LogP contribution >= 0.6 is 0 Å². The summed E-state index contributed by atoms with van der Waals surface area (Å²) in [7, 11) is 0. The zero-order valence-corrected chi connectivity index (χ0v) is 6.97. The van der Waals surface area contributed by atoms with Crippen molar-refractivity contribution < 1.29 is 0 Å². The topological polar surface area (TPSA) is 38.4 Å². The van der Waals surface area contributed by atoms with E-state index in [1.165, 1.54) is 0 Å². The van der Waals surface area contributed by atoms with Crippen LogP contribution in [0.25, 0.3) is 0 Å². The second-order valence-electron chi connectivity index (χ2n) is 2.31. The average molecular weight is 166 g/mol. The van der Waals surface area contributed by atoms with Gasteiger partial charge in [-0.15, -0.1) is 0 Å². The molecular weight excluding hydrogens is 156 g/mol. The Morgan fingerprint density at radius 3 is 2.18 bits per heavy atom. The fraction of sp³-hybridized carbons (Fsp3) is 0.250. The Labute approximate surface area is 71.6 Å². The normalized spacial score (nSPS) is 9.55. The van der Waals surface area contributed by atoms with Crippen molar-refractivity contribution in [2.75, 3.05) is 0 Å². The minimum atomic E-state index is 0.589. The van der Waals surface area contributed by atoms with Crippen molar-refractivity contribution in [1.29, 1.82) is 0 Å². The third-order valence-electron chi connectivity index (χ3n) is 1.51. The molecule has 0 unspecified atom stereocenters. The van der Waals surface area contributed by atoms with Gasteiger partial charge in [-0.05, 0) is 11.1 Å². The summed E-state index contributed by atoms with van der Waals surface area (Å²) in [6.07, 6.45) is 0. The van der Waals surface area contributed by atoms with E-state index >= 15 is 0 Å². The summed E-state index contributed by atoms with van der Waals surface area (Å²) < 4.78 is 3.61. The molecule has 0 bridgehead atoms. The fourth-order valence-electron chi connectivity index (χ4n) is 0.855. The summed E-state index contributed by atoms with van der Waals surface area (Å²) in [5.41, 5.74) is 7.70. The number of nitrogens with zero attached hydrogens (tertiary/aromatic N) is 1.